The minimum atomic E-state index is -3.11. The first-order valence-corrected chi connectivity index (χ1v) is 4.91. The lowest BCUT2D eigenvalue weighted by Gasteiger charge is -2.20. The van der Waals surface area contributed by atoms with Crippen molar-refractivity contribution < 1.29 is 27.8 Å². The number of alkyl halides is 2. The van der Waals surface area contributed by atoms with Crippen LogP contribution in [0.1, 0.15) is 6.42 Å². The van der Waals surface area contributed by atoms with Gasteiger partial charge in [0.25, 0.3) is 5.92 Å². The van der Waals surface area contributed by atoms with Crippen molar-refractivity contribution in [1.82, 2.24) is 4.90 Å². The van der Waals surface area contributed by atoms with Gasteiger partial charge in [-0.05, 0) is 0 Å². The number of likely N-dealkylation sites (tertiary alicyclic amines) is 1. The Balaban J connectivity index is 2.76. The Hall–Kier alpha value is -1.66. The average Bonchev–Trinajstić information content (AvgIpc) is 2.61. The molecule has 0 N–H and O–H groups in total. The summed E-state index contributed by atoms with van der Waals surface area (Å²) in [6.45, 7) is 2.38. The van der Waals surface area contributed by atoms with E-state index in [4.69, 9.17) is 0 Å². The molecule has 1 aliphatic heterocycles. The van der Waals surface area contributed by atoms with Gasteiger partial charge in [0.05, 0.1) is 13.7 Å². The van der Waals surface area contributed by atoms with Crippen molar-refractivity contribution in [3.63, 3.8) is 0 Å². The van der Waals surface area contributed by atoms with E-state index in [0.29, 0.717) is 4.90 Å². The number of esters is 1. The van der Waals surface area contributed by atoms with Crippen LogP contribution >= 0.6 is 0 Å². The number of rotatable bonds is 3. The Morgan fingerprint density at radius 2 is 2.24 bits per heavy atom. The van der Waals surface area contributed by atoms with E-state index in [1.807, 2.05) is 0 Å². The van der Waals surface area contributed by atoms with Gasteiger partial charge < -0.3 is 9.47 Å². The van der Waals surface area contributed by atoms with Crippen LogP contribution in [-0.2, 0) is 14.3 Å². The monoisotopic (exact) mass is 249 g/mol. The van der Waals surface area contributed by atoms with Crippen LogP contribution in [0.5, 0.6) is 0 Å². The Morgan fingerprint density at radius 3 is 2.76 bits per heavy atom. The smallest absolute Gasteiger partial charge is 0.411 e. The minimum Gasteiger partial charge on any atom is -0.467 e. The number of halogens is 2. The van der Waals surface area contributed by atoms with Gasteiger partial charge in [-0.2, -0.15) is 0 Å². The summed E-state index contributed by atoms with van der Waals surface area (Å²) < 4.78 is 35.3. The molecule has 0 spiro atoms. The van der Waals surface area contributed by atoms with Gasteiger partial charge in [0.1, 0.15) is 12.6 Å². The summed E-state index contributed by atoms with van der Waals surface area (Å²) in [6.07, 6.45) is -0.417. The highest BCUT2D eigenvalue weighted by atomic mass is 19.3. The third-order valence-electron chi connectivity index (χ3n) is 2.30. The summed E-state index contributed by atoms with van der Waals surface area (Å²) in [4.78, 5) is 23.4. The molecule has 0 bridgehead atoms. The largest absolute Gasteiger partial charge is 0.467 e. The maximum atomic E-state index is 13.1. The van der Waals surface area contributed by atoms with Crippen molar-refractivity contribution in [2.24, 2.45) is 0 Å². The maximum absolute atomic E-state index is 13.1. The molecule has 1 atom stereocenters. The predicted octanol–water partition coefficient (Wildman–Crippen LogP) is 1.19. The van der Waals surface area contributed by atoms with E-state index >= 15 is 0 Å². The molecule has 0 aromatic heterocycles. The fourth-order valence-electron chi connectivity index (χ4n) is 1.57. The lowest BCUT2D eigenvalue weighted by atomic mass is 10.2. The SMILES string of the molecule is C=CCOC(=O)N1CC(F)(F)C[C@H]1C(=O)OC. The first kappa shape index (κ1) is 13.4. The maximum Gasteiger partial charge on any atom is 0.411 e. The number of carbonyl (C=O) groups excluding carboxylic acids is 2. The van der Waals surface area contributed by atoms with Crippen molar-refractivity contribution in [3.8, 4) is 0 Å². The predicted molar refractivity (Wildman–Crippen MR) is 53.6 cm³/mol. The first-order valence-electron chi connectivity index (χ1n) is 4.91. The zero-order valence-corrected chi connectivity index (χ0v) is 9.32. The molecule has 7 heteroatoms. The number of amides is 1. The zero-order valence-electron chi connectivity index (χ0n) is 9.32. The van der Waals surface area contributed by atoms with Gasteiger partial charge in [0, 0.05) is 6.42 Å². The standard InChI is InChI=1S/C10H13F2NO4/c1-3-4-17-9(15)13-6-10(11,12)5-7(13)8(14)16-2/h3,7H,1,4-6H2,2H3/t7-/m0/s1. The fraction of sp³-hybridized carbons (Fsp3) is 0.600. The number of hydrogen-bond acceptors (Lipinski definition) is 4. The summed E-state index contributed by atoms with van der Waals surface area (Å²) in [6, 6.07) is -1.30. The van der Waals surface area contributed by atoms with Crippen molar-refractivity contribution in [2.75, 3.05) is 20.3 Å². The molecular formula is C10H13F2NO4. The quantitative estimate of drug-likeness (QED) is 0.557. The summed E-state index contributed by atoms with van der Waals surface area (Å²) in [5.41, 5.74) is 0. The van der Waals surface area contributed by atoms with Gasteiger partial charge in [0.2, 0.25) is 0 Å². The molecule has 1 amide bonds. The van der Waals surface area contributed by atoms with E-state index < -0.39 is 37.0 Å². The van der Waals surface area contributed by atoms with E-state index in [-0.39, 0.29) is 6.61 Å². The molecule has 1 aliphatic rings. The molecule has 5 nitrogen and oxygen atoms in total. The second kappa shape index (κ2) is 5.11. The highest BCUT2D eigenvalue weighted by Crippen LogP contribution is 2.32. The van der Waals surface area contributed by atoms with Crippen LogP contribution in [0.4, 0.5) is 13.6 Å². The number of hydrogen-bond donors (Lipinski definition) is 0. The third kappa shape index (κ3) is 3.15. The second-order valence-corrected chi connectivity index (χ2v) is 3.59. The molecule has 0 unspecified atom stereocenters. The molecule has 0 saturated carbocycles. The first-order chi connectivity index (χ1) is 7.91. The molecule has 1 heterocycles. The lowest BCUT2D eigenvalue weighted by molar-refractivity contribution is -0.145. The van der Waals surface area contributed by atoms with Gasteiger partial charge in [0.15, 0.2) is 0 Å². The molecule has 1 saturated heterocycles. The zero-order chi connectivity index (χ0) is 13.1. The second-order valence-electron chi connectivity index (χ2n) is 3.59. The number of nitrogens with zero attached hydrogens (tertiary/aromatic N) is 1. The average molecular weight is 249 g/mol. The van der Waals surface area contributed by atoms with Gasteiger partial charge >= 0.3 is 12.1 Å². The molecule has 0 aliphatic carbocycles. The van der Waals surface area contributed by atoms with Crippen LogP contribution in [0.15, 0.2) is 12.7 Å². The van der Waals surface area contributed by atoms with E-state index in [0.717, 1.165) is 7.11 Å². The van der Waals surface area contributed by atoms with Gasteiger partial charge in [-0.3, -0.25) is 4.90 Å². The molecular weight excluding hydrogens is 236 g/mol. The van der Waals surface area contributed by atoms with Gasteiger partial charge in [-0.1, -0.05) is 12.7 Å². The molecule has 1 fully saturated rings. The highest BCUT2D eigenvalue weighted by Gasteiger charge is 2.51. The van der Waals surface area contributed by atoms with Crippen molar-refractivity contribution in [2.45, 2.75) is 18.4 Å². The van der Waals surface area contributed by atoms with Gasteiger partial charge in [-0.25, -0.2) is 18.4 Å². The van der Waals surface area contributed by atoms with Crippen LogP contribution < -0.4 is 0 Å². The van der Waals surface area contributed by atoms with Crippen LogP contribution in [0.25, 0.3) is 0 Å². The van der Waals surface area contributed by atoms with Crippen molar-refractivity contribution in [3.05, 3.63) is 12.7 Å². The molecule has 0 aromatic carbocycles. The number of ether oxygens (including phenoxy) is 2. The Kier molecular flexibility index (Phi) is 4.03. The van der Waals surface area contributed by atoms with Crippen molar-refractivity contribution in [1.29, 1.82) is 0 Å². The molecule has 96 valence electrons. The van der Waals surface area contributed by atoms with E-state index in [1.165, 1.54) is 6.08 Å². The van der Waals surface area contributed by atoms with E-state index in [2.05, 4.69) is 16.1 Å². The van der Waals surface area contributed by atoms with Crippen molar-refractivity contribution >= 4 is 12.1 Å². The van der Waals surface area contributed by atoms with Crippen LogP contribution in [-0.4, -0.2) is 49.2 Å². The minimum absolute atomic E-state index is 0.102. The third-order valence-corrected chi connectivity index (χ3v) is 2.30. The van der Waals surface area contributed by atoms with E-state index in [9.17, 15) is 18.4 Å². The Labute approximate surface area is 97.0 Å². The van der Waals surface area contributed by atoms with Gasteiger partial charge in [-0.15, -0.1) is 0 Å². The summed E-state index contributed by atoms with van der Waals surface area (Å²) in [5, 5.41) is 0. The molecule has 1 rings (SSSR count). The summed E-state index contributed by atoms with van der Waals surface area (Å²) >= 11 is 0. The Morgan fingerprint density at radius 1 is 1.59 bits per heavy atom. The number of methoxy groups -OCH3 is 1. The number of carbonyl (C=O) groups is 2. The Bertz CT molecular complexity index is 332. The molecule has 17 heavy (non-hydrogen) atoms. The lowest BCUT2D eigenvalue weighted by Crippen LogP contribution is -2.41. The van der Waals surface area contributed by atoms with Crippen LogP contribution in [0, 0.1) is 0 Å². The van der Waals surface area contributed by atoms with E-state index in [1.54, 1.807) is 0 Å². The topological polar surface area (TPSA) is 55.8 Å². The normalized spacial score (nSPS) is 22.1. The summed E-state index contributed by atoms with van der Waals surface area (Å²) in [7, 11) is 1.08. The van der Waals surface area contributed by atoms with Crippen LogP contribution in [0.3, 0.4) is 0 Å². The summed E-state index contributed by atoms with van der Waals surface area (Å²) in [5.74, 6) is -3.98. The fourth-order valence-corrected chi connectivity index (χ4v) is 1.57. The highest BCUT2D eigenvalue weighted by molar-refractivity contribution is 5.82. The molecule has 0 radical (unpaired) electrons. The van der Waals surface area contributed by atoms with Crippen LogP contribution in [0.2, 0.25) is 0 Å². The molecule has 0 aromatic rings.